The molecule has 0 aliphatic rings. The van der Waals surface area contributed by atoms with Gasteiger partial charge in [-0.05, 0) is 49.6 Å². The van der Waals surface area contributed by atoms with E-state index < -0.39 is 0 Å². The van der Waals surface area contributed by atoms with Crippen molar-refractivity contribution in [1.29, 1.82) is 0 Å². The van der Waals surface area contributed by atoms with Crippen molar-refractivity contribution in [3.63, 3.8) is 0 Å². The van der Waals surface area contributed by atoms with Gasteiger partial charge in [0, 0.05) is 23.4 Å². The van der Waals surface area contributed by atoms with E-state index in [9.17, 15) is 0 Å². The Morgan fingerprint density at radius 2 is 2.20 bits per heavy atom. The lowest BCUT2D eigenvalue weighted by molar-refractivity contribution is 1.11. The molecular formula is C17H19N3. The minimum atomic E-state index is 0.320. The van der Waals surface area contributed by atoms with E-state index in [1.165, 1.54) is 0 Å². The first kappa shape index (κ1) is 15.5. The number of aliphatic imine (C=N–C) groups is 1. The van der Waals surface area contributed by atoms with Crippen molar-refractivity contribution >= 4 is 12.4 Å². The number of allylic oxidation sites excluding steroid dienone is 4. The summed E-state index contributed by atoms with van der Waals surface area (Å²) in [6, 6.07) is 5.64. The van der Waals surface area contributed by atoms with Gasteiger partial charge in [-0.15, -0.1) is 0 Å². The Hall–Kier alpha value is -2.57. The Bertz CT molecular complexity index is 625. The molecule has 0 heterocycles. The number of aryl methyl sites for hydroxylation is 1. The van der Waals surface area contributed by atoms with Gasteiger partial charge in [-0.25, -0.2) is 0 Å². The number of nitrogens with two attached hydrogens (primary N) is 2. The van der Waals surface area contributed by atoms with E-state index in [-0.39, 0.29) is 0 Å². The zero-order valence-corrected chi connectivity index (χ0v) is 11.7. The van der Waals surface area contributed by atoms with Crippen LogP contribution in [0.1, 0.15) is 11.1 Å². The van der Waals surface area contributed by atoms with Crippen LogP contribution in [0.2, 0.25) is 0 Å². The Morgan fingerprint density at radius 1 is 1.45 bits per heavy atom. The topological polar surface area (TPSA) is 64.4 Å². The summed E-state index contributed by atoms with van der Waals surface area (Å²) in [7, 11) is 0. The zero-order valence-electron chi connectivity index (χ0n) is 11.7. The molecule has 0 aromatic heterocycles. The van der Waals surface area contributed by atoms with Gasteiger partial charge in [0.25, 0.3) is 0 Å². The van der Waals surface area contributed by atoms with Gasteiger partial charge >= 0.3 is 0 Å². The monoisotopic (exact) mass is 265 g/mol. The van der Waals surface area contributed by atoms with Crippen molar-refractivity contribution in [3.8, 4) is 11.8 Å². The van der Waals surface area contributed by atoms with Crippen LogP contribution >= 0.6 is 0 Å². The molecule has 0 saturated carbocycles. The van der Waals surface area contributed by atoms with Crippen molar-refractivity contribution in [3.05, 3.63) is 65.4 Å². The fourth-order valence-electron chi connectivity index (χ4n) is 1.57. The molecule has 0 aliphatic heterocycles. The highest BCUT2D eigenvalue weighted by Gasteiger charge is 1.95. The molecule has 1 aromatic rings. The number of nitrogens with zero attached hydrogens (tertiary/aromatic N) is 1. The third kappa shape index (κ3) is 4.60. The van der Waals surface area contributed by atoms with E-state index in [1.807, 2.05) is 25.1 Å². The third-order valence-electron chi connectivity index (χ3n) is 2.62. The van der Waals surface area contributed by atoms with Crippen LogP contribution in [0.3, 0.4) is 0 Å². The fraction of sp³-hybridized carbons (Fsp3) is 0.118. The molecule has 4 N–H and O–H groups in total. The number of hydrogen-bond acceptors (Lipinski definition) is 3. The summed E-state index contributed by atoms with van der Waals surface area (Å²) in [6.45, 7) is 9.45. The SMILES string of the molecule is C=C/C=C(C#Cc1ccc(N)cc1C)\C=C(/CN)N=C. The molecule has 0 spiro atoms. The lowest BCUT2D eigenvalue weighted by atomic mass is 10.1. The molecule has 0 atom stereocenters. The number of nitrogen functional groups attached to an aromatic ring is 1. The second-order valence-electron chi connectivity index (χ2n) is 4.18. The molecular weight excluding hydrogens is 246 g/mol. The van der Waals surface area contributed by atoms with Crippen LogP contribution in [0.25, 0.3) is 0 Å². The van der Waals surface area contributed by atoms with Crippen molar-refractivity contribution in [2.24, 2.45) is 10.7 Å². The minimum absolute atomic E-state index is 0.320. The standard InChI is InChI=1S/C17H19N3/c1-4-5-14(11-17(12-18)20-3)6-7-15-8-9-16(19)10-13(15)2/h4-5,8-11H,1,3,12,18-19H2,2H3/b14-5-,17-11+. The highest BCUT2D eigenvalue weighted by molar-refractivity contribution is 5.53. The summed E-state index contributed by atoms with van der Waals surface area (Å²) in [4.78, 5) is 3.84. The highest BCUT2D eigenvalue weighted by Crippen LogP contribution is 2.11. The summed E-state index contributed by atoms with van der Waals surface area (Å²) >= 11 is 0. The Morgan fingerprint density at radius 3 is 2.75 bits per heavy atom. The molecule has 0 bridgehead atoms. The van der Waals surface area contributed by atoms with Gasteiger partial charge < -0.3 is 11.5 Å². The summed E-state index contributed by atoms with van der Waals surface area (Å²) in [5.74, 6) is 6.19. The maximum Gasteiger partial charge on any atom is 0.0544 e. The number of rotatable bonds is 4. The van der Waals surface area contributed by atoms with Crippen molar-refractivity contribution in [2.75, 3.05) is 12.3 Å². The highest BCUT2D eigenvalue weighted by atomic mass is 14.8. The maximum absolute atomic E-state index is 5.72. The molecule has 0 unspecified atom stereocenters. The average molecular weight is 265 g/mol. The minimum Gasteiger partial charge on any atom is -0.399 e. The van der Waals surface area contributed by atoms with Gasteiger partial charge in [-0.3, -0.25) is 4.99 Å². The Labute approximate surface area is 120 Å². The Kier molecular flexibility index (Phi) is 6.02. The van der Waals surface area contributed by atoms with Crippen molar-refractivity contribution in [1.82, 2.24) is 0 Å². The first-order valence-corrected chi connectivity index (χ1v) is 6.19. The van der Waals surface area contributed by atoms with Crippen LogP contribution in [0.4, 0.5) is 5.69 Å². The van der Waals surface area contributed by atoms with E-state index in [0.717, 1.165) is 22.4 Å². The molecule has 0 radical (unpaired) electrons. The molecule has 0 amide bonds. The average Bonchev–Trinajstić information content (AvgIpc) is 2.43. The molecule has 20 heavy (non-hydrogen) atoms. The molecule has 0 aliphatic carbocycles. The fourth-order valence-corrected chi connectivity index (χ4v) is 1.57. The van der Waals surface area contributed by atoms with Crippen LogP contribution in [0.5, 0.6) is 0 Å². The maximum atomic E-state index is 5.72. The van der Waals surface area contributed by atoms with E-state index in [1.54, 1.807) is 18.2 Å². The summed E-state index contributed by atoms with van der Waals surface area (Å²) < 4.78 is 0. The van der Waals surface area contributed by atoms with Gasteiger partial charge in [0.1, 0.15) is 0 Å². The lowest BCUT2D eigenvalue weighted by Crippen LogP contribution is -2.00. The molecule has 1 rings (SSSR count). The quantitative estimate of drug-likeness (QED) is 0.380. The summed E-state index contributed by atoms with van der Waals surface area (Å²) in [5.41, 5.74) is 15.4. The van der Waals surface area contributed by atoms with E-state index in [4.69, 9.17) is 11.5 Å². The van der Waals surface area contributed by atoms with E-state index in [2.05, 4.69) is 30.1 Å². The van der Waals surface area contributed by atoms with Gasteiger partial charge in [-0.2, -0.15) is 0 Å². The zero-order chi connectivity index (χ0) is 15.0. The van der Waals surface area contributed by atoms with Crippen LogP contribution in [-0.4, -0.2) is 13.3 Å². The predicted octanol–water partition coefficient (Wildman–Crippen LogP) is 2.58. The van der Waals surface area contributed by atoms with E-state index >= 15 is 0 Å². The second-order valence-corrected chi connectivity index (χ2v) is 4.18. The van der Waals surface area contributed by atoms with Gasteiger partial charge in [-0.1, -0.05) is 24.5 Å². The number of hydrogen-bond donors (Lipinski definition) is 2. The van der Waals surface area contributed by atoms with E-state index in [0.29, 0.717) is 12.2 Å². The molecule has 1 aromatic carbocycles. The molecule has 3 nitrogen and oxygen atoms in total. The first-order chi connectivity index (χ1) is 9.60. The predicted molar refractivity (Wildman–Crippen MR) is 87.4 cm³/mol. The largest absolute Gasteiger partial charge is 0.399 e. The van der Waals surface area contributed by atoms with Crippen LogP contribution in [0.15, 0.2) is 59.3 Å². The second kappa shape index (κ2) is 7.78. The van der Waals surface area contributed by atoms with Gasteiger partial charge in [0.2, 0.25) is 0 Å². The first-order valence-electron chi connectivity index (χ1n) is 6.19. The van der Waals surface area contributed by atoms with Crippen LogP contribution in [-0.2, 0) is 0 Å². The number of benzene rings is 1. The van der Waals surface area contributed by atoms with Crippen molar-refractivity contribution in [2.45, 2.75) is 6.92 Å². The summed E-state index contributed by atoms with van der Waals surface area (Å²) in [5, 5.41) is 0. The van der Waals surface area contributed by atoms with Crippen LogP contribution in [0, 0.1) is 18.8 Å². The molecule has 102 valence electrons. The number of anilines is 1. The molecule has 0 fully saturated rings. The summed E-state index contributed by atoms with van der Waals surface area (Å²) in [6.07, 6.45) is 5.28. The smallest absolute Gasteiger partial charge is 0.0544 e. The molecule has 0 saturated heterocycles. The lowest BCUT2D eigenvalue weighted by Gasteiger charge is -1.99. The van der Waals surface area contributed by atoms with Crippen molar-refractivity contribution < 1.29 is 0 Å². The normalized spacial score (nSPS) is 11.5. The third-order valence-corrected chi connectivity index (χ3v) is 2.62. The van der Waals surface area contributed by atoms with Crippen LogP contribution < -0.4 is 11.5 Å². The Balaban J connectivity index is 3.12. The molecule has 3 heteroatoms. The van der Waals surface area contributed by atoms with Gasteiger partial charge in [0.05, 0.1) is 5.70 Å². The van der Waals surface area contributed by atoms with Gasteiger partial charge in [0.15, 0.2) is 0 Å².